The number of rotatable bonds is 6. The number of ether oxygens (including phenoxy) is 1. The van der Waals surface area contributed by atoms with Crippen molar-refractivity contribution in [3.63, 3.8) is 0 Å². The molecule has 0 atom stereocenters. The van der Waals surface area contributed by atoms with Crippen LogP contribution in [0.2, 0.25) is 0 Å². The third-order valence-corrected chi connectivity index (χ3v) is 4.79. The molecule has 3 N–H and O–H groups in total. The van der Waals surface area contributed by atoms with Crippen molar-refractivity contribution in [2.24, 2.45) is 0 Å². The average molecular weight is 359 g/mol. The van der Waals surface area contributed by atoms with Crippen LogP contribution in [0.4, 0.5) is 10.1 Å². The van der Waals surface area contributed by atoms with E-state index in [-0.39, 0.29) is 11.7 Å². The van der Waals surface area contributed by atoms with Gasteiger partial charge in [0.1, 0.15) is 44.3 Å². The monoisotopic (exact) mass is 359 g/mol. The number of amides is 1. The molecule has 138 valence electrons. The van der Waals surface area contributed by atoms with Crippen molar-refractivity contribution in [2.45, 2.75) is 6.54 Å². The molecule has 1 heterocycles. The van der Waals surface area contributed by atoms with E-state index in [1.165, 1.54) is 27.5 Å². The van der Waals surface area contributed by atoms with E-state index < -0.39 is 0 Å². The molecule has 0 unspecified atom stereocenters. The summed E-state index contributed by atoms with van der Waals surface area (Å²) in [6.07, 6.45) is 0. The molecule has 3 rings (SSSR count). The number of nitrogens with one attached hydrogen (secondary N) is 3. The van der Waals surface area contributed by atoms with Gasteiger partial charge in [-0.1, -0.05) is 12.1 Å². The van der Waals surface area contributed by atoms with Crippen molar-refractivity contribution in [3.8, 4) is 5.75 Å². The fourth-order valence-corrected chi connectivity index (χ4v) is 3.35. The van der Waals surface area contributed by atoms with Crippen LogP contribution < -0.4 is 19.9 Å². The Kier molecular flexibility index (Phi) is 6.20. The SMILES string of the molecule is COc1cccc(C[NH+]2CC[NH+](CC(=O)Nc3ccc(F)cc3)CC2)c1. The number of hydrogen-bond acceptors (Lipinski definition) is 2. The van der Waals surface area contributed by atoms with Gasteiger partial charge in [-0.25, -0.2) is 4.39 Å². The molecular formula is C20H26FN3O2+2. The molecule has 0 aromatic heterocycles. The Balaban J connectivity index is 1.43. The van der Waals surface area contributed by atoms with Gasteiger partial charge in [0, 0.05) is 11.3 Å². The number of hydrogen-bond donors (Lipinski definition) is 3. The topological polar surface area (TPSA) is 47.2 Å². The van der Waals surface area contributed by atoms with Gasteiger partial charge in [-0.2, -0.15) is 0 Å². The summed E-state index contributed by atoms with van der Waals surface area (Å²) >= 11 is 0. The molecule has 1 fully saturated rings. The predicted molar refractivity (Wildman–Crippen MR) is 98.0 cm³/mol. The number of methoxy groups -OCH3 is 1. The first-order valence-electron chi connectivity index (χ1n) is 8.98. The van der Waals surface area contributed by atoms with Crippen molar-refractivity contribution in [2.75, 3.05) is 45.2 Å². The summed E-state index contributed by atoms with van der Waals surface area (Å²) in [4.78, 5) is 15.0. The first kappa shape index (κ1) is 18.4. The standard InChI is InChI=1S/C20H24FN3O2/c1-26-19-4-2-3-16(13-19)14-23-9-11-24(12-10-23)15-20(25)22-18-7-5-17(21)6-8-18/h2-8,13H,9-12,14-15H2,1H3,(H,22,25)/p+2. The Morgan fingerprint density at radius 3 is 2.46 bits per heavy atom. The van der Waals surface area contributed by atoms with Gasteiger partial charge >= 0.3 is 0 Å². The maximum absolute atomic E-state index is 12.9. The molecule has 1 aliphatic heterocycles. The summed E-state index contributed by atoms with van der Waals surface area (Å²) < 4.78 is 18.2. The summed E-state index contributed by atoms with van der Waals surface area (Å²) in [5.41, 5.74) is 1.91. The summed E-state index contributed by atoms with van der Waals surface area (Å²) in [5, 5.41) is 2.83. The highest BCUT2D eigenvalue weighted by Crippen LogP contribution is 2.11. The quantitative estimate of drug-likeness (QED) is 0.667. The van der Waals surface area contributed by atoms with Gasteiger partial charge in [-0.15, -0.1) is 0 Å². The van der Waals surface area contributed by atoms with E-state index in [4.69, 9.17) is 4.74 Å². The maximum Gasteiger partial charge on any atom is 0.279 e. The van der Waals surface area contributed by atoms with Crippen molar-refractivity contribution in [1.82, 2.24) is 0 Å². The van der Waals surface area contributed by atoms with Crippen molar-refractivity contribution >= 4 is 11.6 Å². The van der Waals surface area contributed by atoms with E-state index in [0.717, 1.165) is 38.5 Å². The third kappa shape index (κ3) is 5.28. The van der Waals surface area contributed by atoms with Crippen LogP contribution in [0.1, 0.15) is 5.56 Å². The Morgan fingerprint density at radius 2 is 1.77 bits per heavy atom. The predicted octanol–water partition coefficient (Wildman–Crippen LogP) is -0.244. The van der Waals surface area contributed by atoms with Crippen LogP contribution in [0.3, 0.4) is 0 Å². The minimum Gasteiger partial charge on any atom is -0.497 e. The number of quaternary nitrogens is 2. The number of piperazine rings is 1. The molecule has 5 nitrogen and oxygen atoms in total. The number of carbonyl (C=O) groups excluding carboxylic acids is 1. The Bertz CT molecular complexity index is 728. The second kappa shape index (κ2) is 8.78. The zero-order valence-electron chi connectivity index (χ0n) is 15.1. The Labute approximate surface area is 153 Å². The van der Waals surface area contributed by atoms with E-state index in [1.807, 2.05) is 12.1 Å². The number of benzene rings is 2. The molecule has 0 bridgehead atoms. The maximum atomic E-state index is 12.9. The third-order valence-electron chi connectivity index (χ3n) is 4.79. The molecule has 6 heteroatoms. The lowest BCUT2D eigenvalue weighted by Gasteiger charge is -2.29. The highest BCUT2D eigenvalue weighted by atomic mass is 19.1. The van der Waals surface area contributed by atoms with Crippen LogP contribution in [0.25, 0.3) is 0 Å². The van der Waals surface area contributed by atoms with Crippen LogP contribution in [-0.4, -0.2) is 45.7 Å². The molecular weight excluding hydrogens is 333 g/mol. The molecule has 0 radical (unpaired) electrons. The van der Waals surface area contributed by atoms with Gasteiger partial charge < -0.3 is 19.9 Å². The molecule has 0 spiro atoms. The van der Waals surface area contributed by atoms with E-state index in [9.17, 15) is 9.18 Å². The van der Waals surface area contributed by atoms with Crippen LogP contribution in [0.15, 0.2) is 48.5 Å². The first-order valence-corrected chi connectivity index (χ1v) is 8.98. The molecule has 1 saturated heterocycles. The second-order valence-corrected chi connectivity index (χ2v) is 6.76. The zero-order chi connectivity index (χ0) is 18.4. The molecule has 26 heavy (non-hydrogen) atoms. The molecule has 0 saturated carbocycles. The van der Waals surface area contributed by atoms with Crippen LogP contribution in [0, 0.1) is 5.82 Å². The number of carbonyl (C=O) groups is 1. The largest absolute Gasteiger partial charge is 0.497 e. The van der Waals surface area contributed by atoms with E-state index in [1.54, 1.807) is 19.2 Å². The molecule has 1 amide bonds. The number of anilines is 1. The van der Waals surface area contributed by atoms with Crippen LogP contribution in [0.5, 0.6) is 5.75 Å². The van der Waals surface area contributed by atoms with Gasteiger partial charge in [-0.05, 0) is 36.4 Å². The molecule has 0 aliphatic carbocycles. The van der Waals surface area contributed by atoms with Crippen LogP contribution in [-0.2, 0) is 11.3 Å². The summed E-state index contributed by atoms with van der Waals surface area (Å²) in [6.45, 7) is 5.44. The smallest absolute Gasteiger partial charge is 0.279 e. The van der Waals surface area contributed by atoms with Gasteiger partial charge in [-0.3, -0.25) is 4.79 Å². The zero-order valence-corrected chi connectivity index (χ0v) is 15.1. The fraction of sp³-hybridized carbons (Fsp3) is 0.350. The molecule has 2 aromatic carbocycles. The minimum absolute atomic E-state index is 0.0251. The van der Waals surface area contributed by atoms with Gasteiger partial charge in [0.05, 0.1) is 7.11 Å². The lowest BCUT2D eigenvalue weighted by Crippen LogP contribution is -3.28. The van der Waals surface area contributed by atoms with Crippen LogP contribution >= 0.6 is 0 Å². The summed E-state index contributed by atoms with van der Waals surface area (Å²) in [7, 11) is 1.69. The van der Waals surface area contributed by atoms with E-state index in [2.05, 4.69) is 17.4 Å². The highest BCUT2D eigenvalue weighted by Gasteiger charge is 2.25. The summed E-state index contributed by atoms with van der Waals surface area (Å²) in [5.74, 6) is 0.565. The fourth-order valence-electron chi connectivity index (χ4n) is 3.35. The first-order chi connectivity index (χ1) is 12.6. The second-order valence-electron chi connectivity index (χ2n) is 6.76. The van der Waals surface area contributed by atoms with Crippen molar-refractivity contribution < 1.29 is 23.7 Å². The normalized spacial score (nSPS) is 19.8. The van der Waals surface area contributed by atoms with E-state index >= 15 is 0 Å². The van der Waals surface area contributed by atoms with Gasteiger partial charge in [0.15, 0.2) is 6.54 Å². The van der Waals surface area contributed by atoms with Crippen molar-refractivity contribution in [1.29, 1.82) is 0 Å². The lowest BCUT2D eigenvalue weighted by molar-refractivity contribution is -1.02. The highest BCUT2D eigenvalue weighted by molar-refractivity contribution is 5.91. The molecule has 1 aliphatic rings. The Hall–Kier alpha value is -2.44. The lowest BCUT2D eigenvalue weighted by atomic mass is 10.2. The van der Waals surface area contributed by atoms with Crippen molar-refractivity contribution in [3.05, 3.63) is 59.9 Å². The minimum atomic E-state index is -0.302. The van der Waals surface area contributed by atoms with Gasteiger partial charge in [0.2, 0.25) is 0 Å². The average Bonchev–Trinajstić information content (AvgIpc) is 2.65. The van der Waals surface area contributed by atoms with Gasteiger partial charge in [0.25, 0.3) is 5.91 Å². The Morgan fingerprint density at radius 1 is 1.08 bits per heavy atom. The number of halogens is 1. The molecule has 2 aromatic rings. The summed E-state index contributed by atoms with van der Waals surface area (Å²) in [6, 6.07) is 14.1. The van der Waals surface area contributed by atoms with E-state index in [0.29, 0.717) is 12.2 Å².